The van der Waals surface area contributed by atoms with Gasteiger partial charge in [-0.3, -0.25) is 14.3 Å². The van der Waals surface area contributed by atoms with Crippen molar-refractivity contribution < 1.29 is 4.79 Å². The van der Waals surface area contributed by atoms with Crippen LogP contribution in [0.3, 0.4) is 0 Å². The minimum Gasteiger partial charge on any atom is -0.342 e. The Morgan fingerprint density at radius 2 is 1.79 bits per heavy atom. The van der Waals surface area contributed by atoms with Crippen molar-refractivity contribution in [3.63, 3.8) is 0 Å². The van der Waals surface area contributed by atoms with Crippen LogP contribution in [0, 0.1) is 0 Å². The molecule has 0 N–H and O–H groups in total. The highest BCUT2D eigenvalue weighted by molar-refractivity contribution is 8.00. The molecule has 2 heterocycles. The Kier molecular flexibility index (Phi) is 7.50. The van der Waals surface area contributed by atoms with Crippen LogP contribution in [0.2, 0.25) is 0 Å². The third-order valence-corrected chi connectivity index (χ3v) is 6.26. The van der Waals surface area contributed by atoms with E-state index in [0.717, 1.165) is 49.4 Å². The van der Waals surface area contributed by atoms with E-state index in [-0.39, 0.29) is 11.2 Å². The summed E-state index contributed by atoms with van der Waals surface area (Å²) in [5.41, 5.74) is 1.05. The van der Waals surface area contributed by atoms with Crippen LogP contribution in [-0.2, 0) is 11.3 Å². The van der Waals surface area contributed by atoms with Crippen molar-refractivity contribution in [1.29, 1.82) is 0 Å². The molecule has 1 amide bonds. The number of carbonyl (C=O) groups is 1. The normalized spacial score (nSPS) is 16.1. The number of amides is 1. The molecule has 28 heavy (non-hydrogen) atoms. The molecule has 0 aliphatic carbocycles. The number of hydrogen-bond donors (Lipinski definition) is 0. The van der Waals surface area contributed by atoms with Gasteiger partial charge in [-0.15, -0.1) is 10.2 Å². The monoisotopic (exact) mass is 401 g/mol. The van der Waals surface area contributed by atoms with Gasteiger partial charge >= 0.3 is 0 Å². The molecule has 6 nitrogen and oxygen atoms in total. The van der Waals surface area contributed by atoms with Crippen molar-refractivity contribution in [3.05, 3.63) is 36.2 Å². The molecule has 1 aliphatic rings. The number of likely N-dealkylation sites (tertiary alicyclic amines) is 1. The van der Waals surface area contributed by atoms with Crippen molar-refractivity contribution >= 4 is 17.7 Å². The first kappa shape index (κ1) is 20.9. The van der Waals surface area contributed by atoms with Crippen LogP contribution >= 0.6 is 11.8 Å². The molecule has 152 valence electrons. The average Bonchev–Trinajstić information content (AvgIpc) is 3.12. The van der Waals surface area contributed by atoms with E-state index in [1.165, 1.54) is 31.0 Å². The number of para-hydroxylation sites is 1. The van der Waals surface area contributed by atoms with Crippen LogP contribution in [-0.4, -0.2) is 61.9 Å². The Morgan fingerprint density at radius 1 is 1.11 bits per heavy atom. The Bertz CT molecular complexity index is 753. The highest BCUT2D eigenvalue weighted by atomic mass is 32.2. The minimum atomic E-state index is -0.200. The molecule has 0 bridgehead atoms. The maximum absolute atomic E-state index is 12.7. The first-order valence-electron chi connectivity index (χ1n) is 10.3. The zero-order chi connectivity index (χ0) is 19.9. The van der Waals surface area contributed by atoms with Gasteiger partial charge in [0.05, 0.1) is 11.8 Å². The van der Waals surface area contributed by atoms with Gasteiger partial charge in [-0.2, -0.15) is 0 Å². The minimum absolute atomic E-state index is 0.148. The highest BCUT2D eigenvalue weighted by Gasteiger charge is 2.24. The summed E-state index contributed by atoms with van der Waals surface area (Å²) in [6, 6.07) is 10.2. The van der Waals surface area contributed by atoms with Gasteiger partial charge in [0.15, 0.2) is 11.0 Å². The summed E-state index contributed by atoms with van der Waals surface area (Å²) < 4.78 is 2.12. The van der Waals surface area contributed by atoms with E-state index >= 15 is 0 Å². The number of piperidine rings is 1. The summed E-state index contributed by atoms with van der Waals surface area (Å²) in [4.78, 5) is 17.0. The Morgan fingerprint density at radius 3 is 2.43 bits per heavy atom. The molecular weight excluding hydrogens is 370 g/mol. The average molecular weight is 402 g/mol. The number of aromatic nitrogens is 3. The van der Waals surface area contributed by atoms with Crippen molar-refractivity contribution in [2.45, 2.75) is 57.0 Å². The summed E-state index contributed by atoms with van der Waals surface area (Å²) in [5, 5.41) is 9.56. The van der Waals surface area contributed by atoms with Crippen LogP contribution in [0.25, 0.3) is 5.69 Å². The molecule has 1 fully saturated rings. The van der Waals surface area contributed by atoms with Gasteiger partial charge in [-0.25, -0.2) is 0 Å². The molecule has 0 radical (unpaired) electrons. The van der Waals surface area contributed by atoms with Gasteiger partial charge in [0, 0.05) is 18.8 Å². The van der Waals surface area contributed by atoms with Gasteiger partial charge in [-0.1, -0.05) is 36.4 Å². The second kappa shape index (κ2) is 10.1. The van der Waals surface area contributed by atoms with E-state index in [9.17, 15) is 4.79 Å². The van der Waals surface area contributed by atoms with E-state index in [2.05, 4.69) is 31.8 Å². The third-order valence-electron chi connectivity index (χ3n) is 5.23. The number of nitrogens with zero attached hydrogens (tertiary/aromatic N) is 5. The largest absolute Gasteiger partial charge is 0.342 e. The quantitative estimate of drug-likeness (QED) is 0.633. The lowest BCUT2D eigenvalue weighted by atomic mass is 10.1. The molecule has 1 saturated heterocycles. The van der Waals surface area contributed by atoms with E-state index in [4.69, 9.17) is 0 Å². The van der Waals surface area contributed by atoms with Crippen LogP contribution in [0.4, 0.5) is 0 Å². The number of benzene rings is 1. The van der Waals surface area contributed by atoms with Crippen LogP contribution in [0.5, 0.6) is 0 Å². The van der Waals surface area contributed by atoms with Crippen molar-refractivity contribution in [2.75, 3.05) is 26.2 Å². The predicted molar refractivity (Wildman–Crippen MR) is 114 cm³/mol. The highest BCUT2D eigenvalue weighted by Crippen LogP contribution is 2.27. The molecule has 2 aromatic rings. The topological polar surface area (TPSA) is 54.3 Å². The molecule has 1 aromatic carbocycles. The van der Waals surface area contributed by atoms with Crippen LogP contribution in [0.15, 0.2) is 35.5 Å². The van der Waals surface area contributed by atoms with Crippen LogP contribution in [0.1, 0.15) is 45.9 Å². The number of hydrogen-bond acceptors (Lipinski definition) is 5. The molecule has 1 atom stereocenters. The lowest BCUT2D eigenvalue weighted by Crippen LogP contribution is -2.36. The van der Waals surface area contributed by atoms with Gasteiger partial charge in [0.2, 0.25) is 5.91 Å². The SMILES string of the molecule is CCN(CC)C(=O)C(C)Sc1nnc(CN2CCCCC2)n1-c1ccccc1. The van der Waals surface area contributed by atoms with E-state index in [0.29, 0.717) is 0 Å². The Hall–Kier alpha value is -1.86. The fourth-order valence-corrected chi connectivity index (χ4v) is 4.60. The van der Waals surface area contributed by atoms with Crippen molar-refractivity contribution in [3.8, 4) is 5.69 Å². The smallest absolute Gasteiger partial charge is 0.235 e. The van der Waals surface area contributed by atoms with Gasteiger partial charge in [0.1, 0.15) is 0 Å². The summed E-state index contributed by atoms with van der Waals surface area (Å²) in [5.74, 6) is 1.09. The predicted octanol–water partition coefficient (Wildman–Crippen LogP) is 3.60. The number of thioether (sulfide) groups is 1. The third kappa shape index (κ3) is 4.94. The molecule has 1 aliphatic heterocycles. The maximum Gasteiger partial charge on any atom is 0.235 e. The first-order valence-corrected chi connectivity index (χ1v) is 11.2. The summed E-state index contributed by atoms with van der Waals surface area (Å²) in [7, 11) is 0. The van der Waals surface area contributed by atoms with E-state index in [1.807, 2.05) is 43.9 Å². The lowest BCUT2D eigenvalue weighted by molar-refractivity contribution is -0.129. The second-order valence-corrected chi connectivity index (χ2v) is 8.49. The molecular formula is C21H31N5OS. The Balaban J connectivity index is 1.85. The van der Waals surface area contributed by atoms with E-state index < -0.39 is 0 Å². The lowest BCUT2D eigenvalue weighted by Gasteiger charge is -2.26. The zero-order valence-electron chi connectivity index (χ0n) is 17.2. The van der Waals surface area contributed by atoms with E-state index in [1.54, 1.807) is 0 Å². The molecule has 0 spiro atoms. The van der Waals surface area contributed by atoms with Crippen molar-refractivity contribution in [1.82, 2.24) is 24.6 Å². The summed E-state index contributed by atoms with van der Waals surface area (Å²) in [6.45, 7) is 10.5. The fraction of sp³-hybridized carbons (Fsp3) is 0.571. The molecule has 0 saturated carbocycles. The van der Waals surface area contributed by atoms with Gasteiger partial charge in [-0.05, 0) is 58.8 Å². The van der Waals surface area contributed by atoms with Crippen molar-refractivity contribution in [2.24, 2.45) is 0 Å². The maximum atomic E-state index is 12.7. The molecule has 1 unspecified atom stereocenters. The number of carbonyl (C=O) groups excluding carboxylic acids is 1. The first-order chi connectivity index (χ1) is 13.6. The standard InChI is InChI=1S/C21H31N5OS/c1-4-25(5-2)20(27)17(3)28-21-23-22-19(16-24-14-10-7-11-15-24)26(21)18-12-8-6-9-13-18/h6,8-9,12-13,17H,4-5,7,10-11,14-16H2,1-3H3. The zero-order valence-corrected chi connectivity index (χ0v) is 18.0. The Labute approximate surface area is 172 Å². The molecule has 7 heteroatoms. The molecule has 3 rings (SSSR count). The van der Waals surface area contributed by atoms with Crippen LogP contribution < -0.4 is 0 Å². The number of rotatable bonds is 8. The van der Waals surface area contributed by atoms with Gasteiger partial charge < -0.3 is 4.90 Å². The molecule has 1 aromatic heterocycles. The second-order valence-electron chi connectivity index (χ2n) is 7.18. The summed E-state index contributed by atoms with van der Waals surface area (Å²) in [6.07, 6.45) is 3.81. The summed E-state index contributed by atoms with van der Waals surface area (Å²) >= 11 is 1.49. The van der Waals surface area contributed by atoms with Gasteiger partial charge in [0.25, 0.3) is 0 Å². The fourth-order valence-electron chi connectivity index (χ4n) is 3.63.